The maximum Gasteiger partial charge on any atom is 0.490 e. The summed E-state index contributed by atoms with van der Waals surface area (Å²) in [6.07, 6.45) is -1.67. The molecule has 1 fully saturated rings. The minimum atomic E-state index is -5.08. The highest BCUT2D eigenvalue weighted by Gasteiger charge is 2.38. The van der Waals surface area contributed by atoms with Crippen LogP contribution >= 0.6 is 0 Å². The number of fused-ring (bicyclic) bond motifs is 1. The largest absolute Gasteiger partial charge is 0.490 e. The number of aromatic nitrogens is 1. The van der Waals surface area contributed by atoms with Gasteiger partial charge in [0.1, 0.15) is 5.82 Å². The van der Waals surface area contributed by atoms with Gasteiger partial charge in [0.05, 0.1) is 6.61 Å². The second kappa shape index (κ2) is 9.38. The van der Waals surface area contributed by atoms with Crippen LogP contribution in [0.4, 0.5) is 17.6 Å². The molecular formula is C19H24F4N2O3. The van der Waals surface area contributed by atoms with Crippen molar-refractivity contribution in [2.75, 3.05) is 26.8 Å². The van der Waals surface area contributed by atoms with E-state index in [2.05, 4.69) is 16.8 Å². The summed E-state index contributed by atoms with van der Waals surface area (Å²) in [5, 5.41) is 8.15. The number of hydrogen-bond donors (Lipinski definition) is 2. The van der Waals surface area contributed by atoms with Crippen LogP contribution in [0, 0.1) is 12.7 Å². The number of nitrogens with zero attached hydrogens (tertiary/aromatic N) is 1. The molecule has 1 atom stereocenters. The smallest absolute Gasteiger partial charge is 0.475 e. The van der Waals surface area contributed by atoms with Crippen molar-refractivity contribution in [3.05, 3.63) is 35.3 Å². The van der Waals surface area contributed by atoms with Crippen LogP contribution in [0.5, 0.6) is 0 Å². The maximum atomic E-state index is 13.5. The van der Waals surface area contributed by atoms with Gasteiger partial charge in [-0.05, 0) is 56.5 Å². The summed E-state index contributed by atoms with van der Waals surface area (Å²) >= 11 is 0. The standard InChI is InChI=1S/C17H23FN2O.C2HF3O2/c1-12-15(16-10-13(18)5-6-17(16)19-12)7-9-20-8-3-4-14(20)11-21-2;3-2(4,5)1(6)7/h5-6,10,14,19H,3-4,7-9,11H2,1-2H3;(H,6,7)/t14-;/m0./s1. The number of aromatic amines is 1. The molecule has 0 bridgehead atoms. The molecule has 1 aliphatic heterocycles. The Labute approximate surface area is 160 Å². The highest BCUT2D eigenvalue weighted by Crippen LogP contribution is 2.25. The van der Waals surface area contributed by atoms with Crippen molar-refractivity contribution in [2.24, 2.45) is 0 Å². The van der Waals surface area contributed by atoms with Gasteiger partial charge in [-0.1, -0.05) is 0 Å². The Kier molecular flexibility index (Phi) is 7.42. The Hall–Kier alpha value is -2.13. The lowest BCUT2D eigenvalue weighted by Gasteiger charge is -2.23. The minimum Gasteiger partial charge on any atom is -0.475 e. The van der Waals surface area contributed by atoms with E-state index in [1.165, 1.54) is 24.5 Å². The predicted molar refractivity (Wildman–Crippen MR) is 96.9 cm³/mol. The fourth-order valence-corrected chi connectivity index (χ4v) is 3.50. The van der Waals surface area contributed by atoms with Crippen LogP contribution in [0.1, 0.15) is 24.1 Å². The zero-order valence-corrected chi connectivity index (χ0v) is 15.8. The molecule has 0 aliphatic carbocycles. The Balaban J connectivity index is 0.000000345. The Morgan fingerprint density at radius 2 is 2.07 bits per heavy atom. The number of H-pyrrole nitrogens is 1. The number of aryl methyl sites for hydroxylation is 1. The summed E-state index contributed by atoms with van der Waals surface area (Å²) < 4.78 is 50.5. The molecule has 0 saturated carbocycles. The van der Waals surface area contributed by atoms with Crippen LogP contribution in [-0.2, 0) is 16.0 Å². The number of ether oxygens (including phenoxy) is 1. The molecule has 2 aromatic rings. The van der Waals surface area contributed by atoms with Gasteiger partial charge < -0.3 is 14.8 Å². The van der Waals surface area contributed by atoms with Gasteiger partial charge in [0.2, 0.25) is 0 Å². The molecule has 9 heteroatoms. The molecule has 1 aliphatic rings. The molecule has 0 radical (unpaired) electrons. The minimum absolute atomic E-state index is 0.166. The molecular weight excluding hydrogens is 380 g/mol. The predicted octanol–water partition coefficient (Wildman–Crippen LogP) is 3.90. The van der Waals surface area contributed by atoms with Gasteiger partial charge in [-0.15, -0.1) is 0 Å². The number of nitrogens with one attached hydrogen (secondary N) is 1. The average Bonchev–Trinajstić information content (AvgIpc) is 3.16. The van der Waals surface area contributed by atoms with Gasteiger partial charge in [-0.3, -0.25) is 4.90 Å². The Bertz CT molecular complexity index is 804. The van der Waals surface area contributed by atoms with Crippen LogP contribution in [0.15, 0.2) is 18.2 Å². The van der Waals surface area contributed by atoms with Crippen molar-refractivity contribution < 1.29 is 32.2 Å². The van der Waals surface area contributed by atoms with Crippen molar-refractivity contribution in [1.82, 2.24) is 9.88 Å². The fourth-order valence-electron chi connectivity index (χ4n) is 3.50. The van der Waals surface area contributed by atoms with E-state index >= 15 is 0 Å². The summed E-state index contributed by atoms with van der Waals surface area (Å²) in [4.78, 5) is 14.8. The number of rotatable bonds is 5. The van der Waals surface area contributed by atoms with E-state index in [4.69, 9.17) is 14.6 Å². The van der Waals surface area contributed by atoms with Gasteiger partial charge in [0.25, 0.3) is 0 Å². The van der Waals surface area contributed by atoms with E-state index in [-0.39, 0.29) is 5.82 Å². The second-order valence-corrected chi connectivity index (χ2v) is 6.76. The molecule has 2 N–H and O–H groups in total. The van der Waals surface area contributed by atoms with Crippen LogP contribution in [0.25, 0.3) is 10.9 Å². The molecule has 0 amide bonds. The quantitative estimate of drug-likeness (QED) is 0.742. The SMILES string of the molecule is COC[C@@H]1CCCN1CCc1c(C)[nH]c2ccc(F)cc12.O=C(O)C(F)(F)F. The number of aliphatic carboxylic acids is 1. The third-order valence-corrected chi connectivity index (χ3v) is 4.83. The van der Waals surface area contributed by atoms with Crippen molar-refractivity contribution in [3.63, 3.8) is 0 Å². The molecule has 5 nitrogen and oxygen atoms in total. The summed E-state index contributed by atoms with van der Waals surface area (Å²) in [6.45, 7) is 5.04. The fraction of sp³-hybridized carbons (Fsp3) is 0.526. The maximum absolute atomic E-state index is 13.5. The molecule has 2 heterocycles. The first kappa shape index (κ1) is 22.2. The van der Waals surface area contributed by atoms with E-state index in [0.29, 0.717) is 6.04 Å². The number of alkyl halides is 3. The Morgan fingerprint density at radius 3 is 2.68 bits per heavy atom. The summed E-state index contributed by atoms with van der Waals surface area (Å²) in [7, 11) is 1.77. The molecule has 0 unspecified atom stereocenters. The number of carbonyl (C=O) groups is 1. The van der Waals surface area contributed by atoms with Crippen molar-refractivity contribution in [3.8, 4) is 0 Å². The zero-order valence-electron chi connectivity index (χ0n) is 15.8. The number of hydrogen-bond acceptors (Lipinski definition) is 3. The lowest BCUT2D eigenvalue weighted by molar-refractivity contribution is -0.192. The van der Waals surface area contributed by atoms with Gasteiger partial charge in [-0.2, -0.15) is 13.2 Å². The van der Waals surface area contributed by atoms with E-state index < -0.39 is 12.1 Å². The first-order chi connectivity index (χ1) is 13.1. The van der Waals surface area contributed by atoms with Gasteiger partial charge in [0, 0.05) is 36.3 Å². The molecule has 28 heavy (non-hydrogen) atoms. The van der Waals surface area contributed by atoms with E-state index in [0.717, 1.165) is 42.7 Å². The summed E-state index contributed by atoms with van der Waals surface area (Å²) in [6, 6.07) is 5.52. The van der Waals surface area contributed by atoms with Gasteiger partial charge in [0.15, 0.2) is 0 Å². The number of carboxylic acids is 1. The number of methoxy groups -OCH3 is 1. The lowest BCUT2D eigenvalue weighted by atomic mass is 10.1. The van der Waals surface area contributed by atoms with E-state index in [9.17, 15) is 17.6 Å². The molecule has 1 saturated heterocycles. The summed E-state index contributed by atoms with van der Waals surface area (Å²) in [5.74, 6) is -2.92. The van der Waals surface area contributed by atoms with Crippen molar-refractivity contribution >= 4 is 16.9 Å². The van der Waals surface area contributed by atoms with E-state index in [1.807, 2.05) is 6.07 Å². The van der Waals surface area contributed by atoms with Crippen LogP contribution in [-0.4, -0.2) is 60.0 Å². The number of benzene rings is 1. The molecule has 0 spiro atoms. The van der Waals surface area contributed by atoms with Crippen molar-refractivity contribution in [2.45, 2.75) is 38.4 Å². The molecule has 156 valence electrons. The van der Waals surface area contributed by atoms with Crippen LogP contribution in [0.3, 0.4) is 0 Å². The van der Waals surface area contributed by atoms with Crippen LogP contribution in [0.2, 0.25) is 0 Å². The first-order valence-electron chi connectivity index (χ1n) is 8.93. The highest BCUT2D eigenvalue weighted by molar-refractivity contribution is 5.84. The van der Waals surface area contributed by atoms with Gasteiger partial charge >= 0.3 is 12.1 Å². The van der Waals surface area contributed by atoms with Gasteiger partial charge in [-0.25, -0.2) is 9.18 Å². The van der Waals surface area contributed by atoms with Crippen LogP contribution < -0.4 is 0 Å². The highest BCUT2D eigenvalue weighted by atomic mass is 19.4. The monoisotopic (exact) mass is 404 g/mol. The zero-order chi connectivity index (χ0) is 20.9. The molecule has 3 rings (SSSR count). The first-order valence-corrected chi connectivity index (χ1v) is 8.93. The number of likely N-dealkylation sites (tertiary alicyclic amines) is 1. The third-order valence-electron chi connectivity index (χ3n) is 4.83. The third kappa shape index (κ3) is 5.68. The van der Waals surface area contributed by atoms with Crippen molar-refractivity contribution in [1.29, 1.82) is 0 Å². The summed E-state index contributed by atoms with van der Waals surface area (Å²) in [5.41, 5.74) is 3.42. The normalized spacial score (nSPS) is 17.6. The Morgan fingerprint density at radius 1 is 1.39 bits per heavy atom. The van der Waals surface area contributed by atoms with E-state index in [1.54, 1.807) is 13.2 Å². The number of carboxylic acid groups (broad SMARTS) is 1. The molecule has 1 aromatic carbocycles. The average molecular weight is 404 g/mol. The topological polar surface area (TPSA) is 65.6 Å². The second-order valence-electron chi connectivity index (χ2n) is 6.76. The number of halogens is 4. The lowest BCUT2D eigenvalue weighted by Crippen LogP contribution is -2.34. The molecule has 1 aromatic heterocycles.